The topological polar surface area (TPSA) is 66.5 Å². The van der Waals surface area contributed by atoms with Gasteiger partial charge in [-0.05, 0) is 81.6 Å². The SMILES string of the molecule is N[C@@H](c1cc(I)c(O)c(I)c1)[C@H](O)C1CC1. The fourth-order valence-electron chi connectivity index (χ4n) is 1.71. The van der Waals surface area contributed by atoms with Crippen molar-refractivity contribution in [3.63, 3.8) is 0 Å². The molecule has 0 radical (unpaired) electrons. The minimum atomic E-state index is -0.462. The average molecular weight is 445 g/mol. The number of rotatable bonds is 3. The molecule has 16 heavy (non-hydrogen) atoms. The summed E-state index contributed by atoms with van der Waals surface area (Å²) in [6, 6.07) is 3.33. The summed E-state index contributed by atoms with van der Waals surface area (Å²) in [7, 11) is 0. The predicted molar refractivity (Wildman–Crippen MR) is 79.2 cm³/mol. The van der Waals surface area contributed by atoms with Crippen molar-refractivity contribution < 1.29 is 10.2 Å². The summed E-state index contributed by atoms with van der Waals surface area (Å²) in [5.74, 6) is 0.650. The maximum absolute atomic E-state index is 9.97. The Labute approximate surface area is 122 Å². The third-order valence-electron chi connectivity index (χ3n) is 2.90. The van der Waals surface area contributed by atoms with Crippen molar-refractivity contribution >= 4 is 45.2 Å². The van der Waals surface area contributed by atoms with Crippen molar-refractivity contribution in [3.05, 3.63) is 24.8 Å². The number of aliphatic hydroxyl groups is 1. The summed E-state index contributed by atoms with van der Waals surface area (Å²) < 4.78 is 1.55. The van der Waals surface area contributed by atoms with Crippen LogP contribution < -0.4 is 5.73 Å². The van der Waals surface area contributed by atoms with Crippen LogP contribution in [0.2, 0.25) is 0 Å². The molecule has 1 fully saturated rings. The summed E-state index contributed by atoms with van der Waals surface area (Å²) >= 11 is 4.15. The van der Waals surface area contributed by atoms with Crippen LogP contribution >= 0.6 is 45.2 Å². The first-order valence-corrected chi connectivity index (χ1v) is 7.28. The second kappa shape index (κ2) is 4.95. The van der Waals surface area contributed by atoms with Gasteiger partial charge < -0.3 is 15.9 Å². The van der Waals surface area contributed by atoms with E-state index in [4.69, 9.17) is 5.73 Å². The highest BCUT2D eigenvalue weighted by Crippen LogP contribution is 2.38. The number of nitrogens with two attached hydrogens (primary N) is 1. The Morgan fingerprint density at radius 2 is 1.75 bits per heavy atom. The quantitative estimate of drug-likeness (QED) is 0.627. The van der Waals surface area contributed by atoms with Crippen LogP contribution in [0.5, 0.6) is 5.75 Å². The van der Waals surface area contributed by atoms with Crippen molar-refractivity contribution in [2.45, 2.75) is 25.0 Å². The Morgan fingerprint density at radius 1 is 1.25 bits per heavy atom. The molecule has 0 heterocycles. The molecule has 0 amide bonds. The van der Waals surface area contributed by atoms with E-state index >= 15 is 0 Å². The van der Waals surface area contributed by atoms with E-state index in [0.29, 0.717) is 5.92 Å². The van der Waals surface area contributed by atoms with Crippen LogP contribution in [0.4, 0.5) is 0 Å². The average Bonchev–Trinajstić information content (AvgIpc) is 3.06. The van der Waals surface area contributed by atoms with E-state index in [1.54, 1.807) is 0 Å². The van der Waals surface area contributed by atoms with Crippen LogP contribution in [-0.2, 0) is 0 Å². The minimum absolute atomic E-state index is 0.290. The van der Waals surface area contributed by atoms with E-state index < -0.39 is 6.10 Å². The second-order valence-corrected chi connectivity index (χ2v) is 6.51. The normalized spacial score (nSPS) is 19.5. The molecule has 1 aromatic carbocycles. The monoisotopic (exact) mass is 445 g/mol. The number of phenols is 1. The van der Waals surface area contributed by atoms with E-state index in [0.717, 1.165) is 25.5 Å². The zero-order valence-electron chi connectivity index (χ0n) is 8.53. The van der Waals surface area contributed by atoms with Crippen LogP contribution in [-0.4, -0.2) is 16.3 Å². The van der Waals surface area contributed by atoms with Gasteiger partial charge in [0.2, 0.25) is 0 Å². The fraction of sp³-hybridized carbons (Fsp3) is 0.455. The summed E-state index contributed by atoms with van der Waals surface area (Å²) in [4.78, 5) is 0. The molecule has 0 aliphatic heterocycles. The van der Waals surface area contributed by atoms with Gasteiger partial charge in [0.25, 0.3) is 0 Å². The lowest BCUT2D eigenvalue weighted by Gasteiger charge is -2.19. The molecule has 0 aromatic heterocycles. The lowest BCUT2D eigenvalue weighted by molar-refractivity contribution is 0.122. The number of halogens is 2. The lowest BCUT2D eigenvalue weighted by atomic mass is 9.99. The largest absolute Gasteiger partial charge is 0.506 e. The van der Waals surface area contributed by atoms with Crippen molar-refractivity contribution in [1.29, 1.82) is 0 Å². The van der Waals surface area contributed by atoms with Gasteiger partial charge in [-0.2, -0.15) is 0 Å². The molecule has 0 bridgehead atoms. The zero-order valence-corrected chi connectivity index (χ0v) is 12.8. The molecule has 0 saturated heterocycles. The molecule has 1 aliphatic carbocycles. The number of benzene rings is 1. The van der Waals surface area contributed by atoms with E-state index in [9.17, 15) is 10.2 Å². The van der Waals surface area contributed by atoms with Crippen LogP contribution in [0.25, 0.3) is 0 Å². The number of hydrogen-bond donors (Lipinski definition) is 3. The molecule has 1 aliphatic rings. The zero-order chi connectivity index (χ0) is 11.9. The summed E-state index contributed by atoms with van der Waals surface area (Å²) in [5.41, 5.74) is 6.92. The number of aromatic hydroxyl groups is 1. The van der Waals surface area contributed by atoms with E-state index in [2.05, 4.69) is 45.2 Å². The van der Waals surface area contributed by atoms with Crippen molar-refractivity contribution in [3.8, 4) is 5.75 Å². The lowest BCUT2D eigenvalue weighted by Crippen LogP contribution is -2.28. The van der Waals surface area contributed by atoms with Gasteiger partial charge in [0.15, 0.2) is 0 Å². The first-order chi connectivity index (χ1) is 7.50. The Bertz CT molecular complexity index is 384. The molecule has 1 aromatic rings. The summed E-state index contributed by atoms with van der Waals surface area (Å²) in [6.07, 6.45) is 1.68. The van der Waals surface area contributed by atoms with E-state index in [1.807, 2.05) is 12.1 Å². The van der Waals surface area contributed by atoms with E-state index in [1.165, 1.54) is 0 Å². The Kier molecular flexibility index (Phi) is 3.97. The highest BCUT2D eigenvalue weighted by molar-refractivity contribution is 14.1. The molecule has 2 rings (SSSR count). The van der Waals surface area contributed by atoms with Gasteiger partial charge in [-0.15, -0.1) is 0 Å². The van der Waals surface area contributed by atoms with Gasteiger partial charge in [-0.1, -0.05) is 0 Å². The predicted octanol–water partition coefficient (Wildman–Crippen LogP) is 2.37. The van der Waals surface area contributed by atoms with Crippen molar-refractivity contribution in [2.75, 3.05) is 0 Å². The van der Waals surface area contributed by atoms with Crippen molar-refractivity contribution in [2.24, 2.45) is 11.7 Å². The summed E-state index contributed by atoms with van der Waals surface area (Å²) in [5, 5.41) is 19.6. The second-order valence-electron chi connectivity index (χ2n) is 4.19. The van der Waals surface area contributed by atoms with Crippen LogP contribution in [0.1, 0.15) is 24.4 Å². The van der Waals surface area contributed by atoms with Gasteiger partial charge in [-0.3, -0.25) is 0 Å². The Balaban J connectivity index is 2.25. The maximum atomic E-state index is 9.97. The third kappa shape index (κ3) is 2.62. The van der Waals surface area contributed by atoms with Gasteiger partial charge >= 0.3 is 0 Å². The standard InChI is InChI=1S/C11H13I2NO2/c12-7-3-6(4-8(13)11(7)16)9(14)10(15)5-1-2-5/h3-5,9-10,15-16H,1-2,14H2/t9-,10+/m0/s1. The molecule has 2 atom stereocenters. The molecule has 0 unspecified atom stereocenters. The smallest absolute Gasteiger partial charge is 0.142 e. The number of aliphatic hydroxyl groups excluding tert-OH is 1. The molecule has 3 nitrogen and oxygen atoms in total. The molecule has 1 saturated carbocycles. The highest BCUT2D eigenvalue weighted by atomic mass is 127. The fourth-order valence-corrected chi connectivity index (χ4v) is 3.52. The van der Waals surface area contributed by atoms with Gasteiger partial charge in [0, 0.05) is 0 Å². The molecular weight excluding hydrogens is 432 g/mol. The van der Waals surface area contributed by atoms with Crippen molar-refractivity contribution in [1.82, 2.24) is 0 Å². The molecule has 5 heteroatoms. The van der Waals surface area contributed by atoms with E-state index in [-0.39, 0.29) is 11.8 Å². The van der Waals surface area contributed by atoms with Gasteiger partial charge in [0.05, 0.1) is 19.3 Å². The van der Waals surface area contributed by atoms with Crippen LogP contribution in [0.15, 0.2) is 12.1 Å². The third-order valence-corrected chi connectivity index (χ3v) is 4.54. The minimum Gasteiger partial charge on any atom is -0.506 e. The number of hydrogen-bond acceptors (Lipinski definition) is 3. The maximum Gasteiger partial charge on any atom is 0.142 e. The molecular formula is C11H13I2NO2. The number of phenolic OH excluding ortho intramolecular Hbond substituents is 1. The van der Waals surface area contributed by atoms with Gasteiger partial charge in [0.1, 0.15) is 5.75 Å². The first-order valence-electron chi connectivity index (χ1n) is 5.12. The first kappa shape index (κ1) is 12.8. The molecule has 0 spiro atoms. The molecule has 4 N–H and O–H groups in total. The molecule has 88 valence electrons. The van der Waals surface area contributed by atoms with Crippen LogP contribution in [0, 0.1) is 13.1 Å². The Morgan fingerprint density at radius 3 is 2.19 bits per heavy atom. The van der Waals surface area contributed by atoms with Crippen LogP contribution in [0.3, 0.4) is 0 Å². The van der Waals surface area contributed by atoms with Gasteiger partial charge in [-0.25, -0.2) is 0 Å². The highest BCUT2D eigenvalue weighted by Gasteiger charge is 2.34. The Hall–Kier alpha value is 0.400. The summed E-state index contributed by atoms with van der Waals surface area (Å²) in [6.45, 7) is 0.